The van der Waals surface area contributed by atoms with Crippen molar-refractivity contribution in [2.75, 3.05) is 6.61 Å². The second kappa shape index (κ2) is 7.10. The minimum Gasteiger partial charge on any atom is -0.479 e. The second-order valence-corrected chi connectivity index (χ2v) is 6.00. The van der Waals surface area contributed by atoms with Crippen LogP contribution in [0.15, 0.2) is 24.3 Å². The smallest absolute Gasteiger partial charge is 0.422 e. The molecule has 28 heavy (non-hydrogen) atoms. The predicted molar refractivity (Wildman–Crippen MR) is 91.8 cm³/mol. The number of ether oxygens (including phenoxy) is 1. The van der Waals surface area contributed by atoms with Crippen molar-refractivity contribution < 1.29 is 32.2 Å². The van der Waals surface area contributed by atoms with Gasteiger partial charge in [-0.1, -0.05) is 6.92 Å². The number of benzene rings is 1. The number of fused-ring (bicyclic) bond motifs is 1. The van der Waals surface area contributed by atoms with E-state index in [-0.39, 0.29) is 11.2 Å². The fourth-order valence-corrected chi connectivity index (χ4v) is 2.83. The molecule has 0 aliphatic rings. The summed E-state index contributed by atoms with van der Waals surface area (Å²) in [6.07, 6.45) is -4.24. The molecule has 2 aromatic heterocycles. The third-order valence-corrected chi connectivity index (χ3v) is 4.07. The number of carboxylic acids is 1. The SMILES string of the molecule is CCc1nc2c(nc1-c1ccc(F)cc1)c(OCC(F)(F)F)c(C(=O)O)n2C. The molecule has 0 amide bonds. The standard InChI is InChI=1S/C18H15F4N3O3/c1-3-11-12(9-4-6-10(19)7-5-9)24-13-15(28-8-18(20,21)22)14(17(26)27)25(2)16(13)23-11/h4-7H,3,8H2,1-2H3,(H,26,27). The average Bonchev–Trinajstić information content (AvgIpc) is 2.90. The first-order valence-corrected chi connectivity index (χ1v) is 8.20. The lowest BCUT2D eigenvalue weighted by molar-refractivity contribution is -0.153. The Bertz CT molecular complexity index is 1040. The summed E-state index contributed by atoms with van der Waals surface area (Å²) in [6.45, 7) is 0.125. The summed E-state index contributed by atoms with van der Waals surface area (Å²) in [5, 5.41) is 9.44. The summed E-state index contributed by atoms with van der Waals surface area (Å²) in [6, 6.07) is 5.36. The highest BCUT2D eigenvalue weighted by Gasteiger charge is 2.32. The summed E-state index contributed by atoms with van der Waals surface area (Å²) >= 11 is 0. The molecule has 2 heterocycles. The van der Waals surface area contributed by atoms with Gasteiger partial charge in [0, 0.05) is 12.6 Å². The Morgan fingerprint density at radius 2 is 1.86 bits per heavy atom. The van der Waals surface area contributed by atoms with Crippen molar-refractivity contribution in [3.05, 3.63) is 41.5 Å². The molecule has 0 aliphatic heterocycles. The third-order valence-electron chi connectivity index (χ3n) is 4.07. The first-order valence-electron chi connectivity index (χ1n) is 8.20. The largest absolute Gasteiger partial charge is 0.479 e. The van der Waals surface area contributed by atoms with Gasteiger partial charge in [0.1, 0.15) is 5.82 Å². The van der Waals surface area contributed by atoms with E-state index >= 15 is 0 Å². The maximum atomic E-state index is 13.2. The fourth-order valence-electron chi connectivity index (χ4n) is 2.83. The van der Waals surface area contributed by atoms with Crippen molar-refractivity contribution in [1.29, 1.82) is 0 Å². The van der Waals surface area contributed by atoms with Crippen LogP contribution in [0.2, 0.25) is 0 Å². The van der Waals surface area contributed by atoms with Crippen LogP contribution in [0.4, 0.5) is 17.6 Å². The molecule has 0 spiro atoms. The Hall–Kier alpha value is -3.17. The van der Waals surface area contributed by atoms with Gasteiger partial charge in [0.25, 0.3) is 0 Å². The number of halogens is 4. The number of aromatic carboxylic acids is 1. The maximum absolute atomic E-state index is 13.2. The van der Waals surface area contributed by atoms with E-state index in [1.807, 2.05) is 0 Å². The highest BCUT2D eigenvalue weighted by Crippen LogP contribution is 2.34. The molecule has 6 nitrogen and oxygen atoms in total. The van der Waals surface area contributed by atoms with E-state index in [9.17, 15) is 27.5 Å². The van der Waals surface area contributed by atoms with Crippen molar-refractivity contribution >= 4 is 17.1 Å². The van der Waals surface area contributed by atoms with Crippen LogP contribution in [0.1, 0.15) is 23.1 Å². The van der Waals surface area contributed by atoms with Gasteiger partial charge < -0.3 is 14.4 Å². The van der Waals surface area contributed by atoms with Crippen LogP contribution >= 0.6 is 0 Å². The lowest BCUT2D eigenvalue weighted by Crippen LogP contribution is -2.20. The molecule has 1 aromatic carbocycles. The van der Waals surface area contributed by atoms with Crippen LogP contribution < -0.4 is 4.74 Å². The lowest BCUT2D eigenvalue weighted by Gasteiger charge is -2.10. The molecular formula is C18H15F4N3O3. The number of hydrogen-bond acceptors (Lipinski definition) is 4. The molecule has 0 aliphatic carbocycles. The molecule has 3 aromatic rings. The van der Waals surface area contributed by atoms with Crippen molar-refractivity contribution in [2.45, 2.75) is 19.5 Å². The van der Waals surface area contributed by atoms with E-state index < -0.39 is 36.0 Å². The molecular weight excluding hydrogens is 382 g/mol. The number of nitrogens with zero attached hydrogens (tertiary/aromatic N) is 3. The van der Waals surface area contributed by atoms with Gasteiger partial charge in [-0.25, -0.2) is 19.2 Å². The Balaban J connectivity index is 2.27. The van der Waals surface area contributed by atoms with E-state index in [4.69, 9.17) is 4.74 Å². The highest BCUT2D eigenvalue weighted by atomic mass is 19.4. The maximum Gasteiger partial charge on any atom is 0.422 e. The molecule has 10 heteroatoms. The number of carboxylic acid groups (broad SMARTS) is 1. The van der Waals surface area contributed by atoms with Crippen LogP contribution in [0.25, 0.3) is 22.4 Å². The van der Waals surface area contributed by atoms with Gasteiger partial charge in [-0.05, 0) is 30.7 Å². The van der Waals surface area contributed by atoms with E-state index in [0.29, 0.717) is 23.4 Å². The van der Waals surface area contributed by atoms with E-state index in [1.54, 1.807) is 6.92 Å². The van der Waals surface area contributed by atoms with Crippen molar-refractivity contribution in [3.63, 3.8) is 0 Å². The van der Waals surface area contributed by atoms with Gasteiger partial charge in [0.05, 0.1) is 11.4 Å². The Morgan fingerprint density at radius 1 is 1.21 bits per heavy atom. The predicted octanol–water partition coefficient (Wildman–Crippen LogP) is 3.98. The number of carbonyl (C=O) groups is 1. The Labute approximate surface area is 156 Å². The Morgan fingerprint density at radius 3 is 2.39 bits per heavy atom. The zero-order valence-electron chi connectivity index (χ0n) is 14.8. The monoisotopic (exact) mass is 397 g/mol. The van der Waals surface area contributed by atoms with Gasteiger partial charge in [0.2, 0.25) is 0 Å². The van der Waals surface area contributed by atoms with Crippen LogP contribution in [0, 0.1) is 5.82 Å². The molecule has 0 atom stereocenters. The topological polar surface area (TPSA) is 77.2 Å². The Kier molecular flexibility index (Phi) is 4.97. The fraction of sp³-hybridized carbons (Fsp3) is 0.278. The molecule has 0 radical (unpaired) electrons. The summed E-state index contributed by atoms with van der Waals surface area (Å²) in [5.74, 6) is -2.44. The van der Waals surface area contributed by atoms with Gasteiger partial charge in [-0.15, -0.1) is 0 Å². The number of hydrogen-bond donors (Lipinski definition) is 1. The molecule has 0 saturated carbocycles. The molecule has 0 fully saturated rings. The second-order valence-electron chi connectivity index (χ2n) is 6.00. The molecule has 0 bridgehead atoms. The third kappa shape index (κ3) is 3.62. The van der Waals surface area contributed by atoms with Gasteiger partial charge in [-0.2, -0.15) is 13.2 Å². The van der Waals surface area contributed by atoms with E-state index in [0.717, 1.165) is 4.57 Å². The summed E-state index contributed by atoms with van der Waals surface area (Å²) in [5.41, 5.74) is 0.777. The molecule has 148 valence electrons. The lowest BCUT2D eigenvalue weighted by atomic mass is 10.1. The average molecular weight is 397 g/mol. The van der Waals surface area contributed by atoms with Crippen LogP contribution in [0.5, 0.6) is 5.75 Å². The van der Waals surface area contributed by atoms with Gasteiger partial charge in [0.15, 0.2) is 29.2 Å². The molecule has 0 saturated heterocycles. The highest BCUT2D eigenvalue weighted by molar-refractivity contribution is 5.98. The van der Waals surface area contributed by atoms with Crippen molar-refractivity contribution in [3.8, 4) is 17.0 Å². The van der Waals surface area contributed by atoms with Crippen LogP contribution in [-0.4, -0.2) is 38.4 Å². The molecule has 0 unspecified atom stereocenters. The zero-order chi connectivity index (χ0) is 20.6. The minimum absolute atomic E-state index is 0.0808. The van der Waals surface area contributed by atoms with Crippen molar-refractivity contribution in [2.24, 2.45) is 7.05 Å². The zero-order valence-corrected chi connectivity index (χ0v) is 14.8. The van der Waals surface area contributed by atoms with E-state index in [2.05, 4.69) is 9.97 Å². The summed E-state index contributed by atoms with van der Waals surface area (Å²) in [7, 11) is 1.36. The quantitative estimate of drug-likeness (QED) is 0.659. The molecule has 1 N–H and O–H groups in total. The first-order chi connectivity index (χ1) is 13.1. The summed E-state index contributed by atoms with van der Waals surface area (Å²) in [4.78, 5) is 20.3. The first kappa shape index (κ1) is 19.6. The van der Waals surface area contributed by atoms with Crippen molar-refractivity contribution in [1.82, 2.24) is 14.5 Å². The van der Waals surface area contributed by atoms with Gasteiger partial charge >= 0.3 is 12.1 Å². The minimum atomic E-state index is -4.66. The number of rotatable bonds is 5. The van der Waals surface area contributed by atoms with Gasteiger partial charge in [-0.3, -0.25) is 0 Å². The number of aromatic nitrogens is 3. The number of alkyl halides is 3. The number of aryl methyl sites for hydroxylation is 2. The normalized spacial score (nSPS) is 11.8. The van der Waals surface area contributed by atoms with Crippen LogP contribution in [0.3, 0.4) is 0 Å². The molecule has 3 rings (SSSR count). The van der Waals surface area contributed by atoms with E-state index in [1.165, 1.54) is 31.3 Å². The van der Waals surface area contributed by atoms with Crippen LogP contribution in [-0.2, 0) is 13.5 Å². The summed E-state index contributed by atoms with van der Waals surface area (Å²) < 4.78 is 57.0.